The maximum atomic E-state index is 11.9. The van der Waals surface area contributed by atoms with Crippen LogP contribution in [0, 0.1) is 0 Å². The Balaban J connectivity index is 1.92. The van der Waals surface area contributed by atoms with E-state index in [-0.39, 0.29) is 11.9 Å². The zero-order valence-electron chi connectivity index (χ0n) is 11.0. The van der Waals surface area contributed by atoms with E-state index in [1.54, 1.807) is 14.2 Å². The molecule has 6 nitrogen and oxygen atoms in total. The van der Waals surface area contributed by atoms with Gasteiger partial charge in [-0.25, -0.2) is 4.79 Å². The molecular formula is C13H17N3O3. The van der Waals surface area contributed by atoms with E-state index in [9.17, 15) is 9.59 Å². The molecule has 0 aliphatic carbocycles. The monoisotopic (exact) mass is 263 g/mol. The minimum atomic E-state index is -0.493. The predicted molar refractivity (Wildman–Crippen MR) is 69.8 cm³/mol. The van der Waals surface area contributed by atoms with Crippen molar-refractivity contribution >= 4 is 11.9 Å². The first-order valence-corrected chi connectivity index (χ1v) is 6.03. The molecule has 6 heteroatoms. The molecule has 3 amide bonds. The summed E-state index contributed by atoms with van der Waals surface area (Å²) in [6.45, 7) is 0.759. The Morgan fingerprint density at radius 1 is 1.53 bits per heavy atom. The standard InChI is InChI=1S/C13H17N3O3/c1-16-8-10(15-13(16)18)12(17)14-7-9-5-3-4-6-11(9)19-2/h3-6,10H,7-8H2,1-2H3,(H,14,17)(H,15,18). The Morgan fingerprint density at radius 2 is 2.26 bits per heavy atom. The van der Waals surface area contributed by atoms with Crippen molar-refractivity contribution in [2.45, 2.75) is 12.6 Å². The fraction of sp³-hybridized carbons (Fsp3) is 0.385. The lowest BCUT2D eigenvalue weighted by Gasteiger charge is -2.12. The van der Waals surface area contributed by atoms with Crippen LogP contribution in [0.5, 0.6) is 5.75 Å². The van der Waals surface area contributed by atoms with Gasteiger partial charge < -0.3 is 20.3 Å². The Labute approximate surface area is 111 Å². The zero-order chi connectivity index (χ0) is 13.8. The summed E-state index contributed by atoms with van der Waals surface area (Å²) in [6.07, 6.45) is 0. The van der Waals surface area contributed by atoms with E-state index in [1.807, 2.05) is 24.3 Å². The van der Waals surface area contributed by atoms with Crippen molar-refractivity contribution in [3.63, 3.8) is 0 Å². The van der Waals surface area contributed by atoms with Gasteiger partial charge in [0, 0.05) is 19.2 Å². The van der Waals surface area contributed by atoms with Gasteiger partial charge in [-0.2, -0.15) is 0 Å². The van der Waals surface area contributed by atoms with Crippen molar-refractivity contribution in [1.82, 2.24) is 15.5 Å². The predicted octanol–water partition coefficient (Wildman–Crippen LogP) is 0.335. The third-order valence-corrected chi connectivity index (χ3v) is 3.06. The van der Waals surface area contributed by atoms with Crippen LogP contribution in [-0.4, -0.2) is 43.6 Å². The smallest absolute Gasteiger partial charge is 0.317 e. The molecular weight excluding hydrogens is 246 g/mol. The number of hydrogen-bond donors (Lipinski definition) is 2. The van der Waals surface area contributed by atoms with Crippen LogP contribution >= 0.6 is 0 Å². The van der Waals surface area contributed by atoms with Crippen molar-refractivity contribution in [2.75, 3.05) is 20.7 Å². The number of rotatable bonds is 4. The van der Waals surface area contributed by atoms with Gasteiger partial charge in [-0.3, -0.25) is 4.79 Å². The molecule has 1 saturated heterocycles. The third kappa shape index (κ3) is 2.96. The molecule has 1 fully saturated rings. The van der Waals surface area contributed by atoms with Gasteiger partial charge in [-0.05, 0) is 6.07 Å². The first-order valence-electron chi connectivity index (χ1n) is 6.03. The number of benzene rings is 1. The van der Waals surface area contributed by atoms with Gasteiger partial charge in [0.1, 0.15) is 11.8 Å². The summed E-state index contributed by atoms with van der Waals surface area (Å²) >= 11 is 0. The second-order valence-corrected chi connectivity index (χ2v) is 4.41. The van der Waals surface area contributed by atoms with Crippen molar-refractivity contribution in [3.05, 3.63) is 29.8 Å². The van der Waals surface area contributed by atoms with Crippen molar-refractivity contribution in [1.29, 1.82) is 0 Å². The van der Waals surface area contributed by atoms with E-state index in [2.05, 4.69) is 10.6 Å². The number of carbonyl (C=O) groups is 2. The number of likely N-dealkylation sites (N-methyl/N-ethyl adjacent to an activating group) is 1. The molecule has 1 aliphatic rings. The fourth-order valence-corrected chi connectivity index (χ4v) is 1.96. The van der Waals surface area contributed by atoms with Crippen LogP contribution in [0.15, 0.2) is 24.3 Å². The summed E-state index contributed by atoms with van der Waals surface area (Å²) < 4.78 is 5.21. The molecule has 19 heavy (non-hydrogen) atoms. The van der Waals surface area contributed by atoms with E-state index in [4.69, 9.17) is 4.74 Å². The lowest BCUT2D eigenvalue weighted by molar-refractivity contribution is -0.122. The lowest BCUT2D eigenvalue weighted by Crippen LogP contribution is -2.42. The minimum Gasteiger partial charge on any atom is -0.496 e. The number of para-hydroxylation sites is 1. The maximum absolute atomic E-state index is 11.9. The molecule has 1 atom stereocenters. The summed E-state index contributed by atoms with van der Waals surface area (Å²) in [5, 5.41) is 5.41. The van der Waals surface area contributed by atoms with Crippen molar-refractivity contribution in [3.8, 4) is 5.75 Å². The molecule has 2 rings (SSSR count). The molecule has 0 spiro atoms. The number of carbonyl (C=O) groups excluding carboxylic acids is 2. The van der Waals surface area contributed by atoms with Gasteiger partial charge in [0.05, 0.1) is 13.7 Å². The first-order chi connectivity index (χ1) is 9.11. The Morgan fingerprint density at radius 3 is 2.89 bits per heavy atom. The van der Waals surface area contributed by atoms with Crippen LogP contribution in [0.3, 0.4) is 0 Å². The third-order valence-electron chi connectivity index (χ3n) is 3.06. The van der Waals surface area contributed by atoms with E-state index >= 15 is 0 Å². The average molecular weight is 263 g/mol. The van der Waals surface area contributed by atoms with E-state index in [1.165, 1.54) is 4.90 Å². The fourth-order valence-electron chi connectivity index (χ4n) is 1.96. The number of methoxy groups -OCH3 is 1. The Bertz CT molecular complexity index is 490. The highest BCUT2D eigenvalue weighted by atomic mass is 16.5. The van der Waals surface area contributed by atoms with Crippen LogP contribution in [0.4, 0.5) is 4.79 Å². The van der Waals surface area contributed by atoms with Gasteiger partial charge in [0.15, 0.2) is 0 Å². The molecule has 0 saturated carbocycles. The summed E-state index contributed by atoms with van der Waals surface area (Å²) in [4.78, 5) is 24.7. The van der Waals surface area contributed by atoms with Crippen LogP contribution in [-0.2, 0) is 11.3 Å². The van der Waals surface area contributed by atoms with Crippen molar-refractivity contribution < 1.29 is 14.3 Å². The van der Waals surface area contributed by atoms with E-state index in [0.29, 0.717) is 13.1 Å². The van der Waals surface area contributed by atoms with E-state index in [0.717, 1.165) is 11.3 Å². The highest BCUT2D eigenvalue weighted by Gasteiger charge is 2.30. The van der Waals surface area contributed by atoms with Crippen LogP contribution in [0.25, 0.3) is 0 Å². The van der Waals surface area contributed by atoms with Crippen LogP contribution < -0.4 is 15.4 Å². The number of nitrogens with one attached hydrogen (secondary N) is 2. The highest BCUT2D eigenvalue weighted by molar-refractivity contribution is 5.90. The first kappa shape index (κ1) is 13.2. The van der Waals surface area contributed by atoms with Gasteiger partial charge in [-0.15, -0.1) is 0 Å². The Hall–Kier alpha value is -2.24. The minimum absolute atomic E-state index is 0.191. The molecule has 1 aliphatic heterocycles. The van der Waals surface area contributed by atoms with Gasteiger partial charge in [-0.1, -0.05) is 18.2 Å². The molecule has 1 aromatic rings. The Kier molecular flexibility index (Phi) is 3.89. The van der Waals surface area contributed by atoms with Gasteiger partial charge >= 0.3 is 6.03 Å². The second kappa shape index (κ2) is 5.60. The number of nitrogens with zero attached hydrogens (tertiary/aromatic N) is 1. The molecule has 2 N–H and O–H groups in total. The SMILES string of the molecule is COc1ccccc1CNC(=O)C1CN(C)C(=O)N1. The average Bonchev–Trinajstić information content (AvgIpc) is 2.76. The molecule has 1 aromatic carbocycles. The van der Waals surface area contributed by atoms with Gasteiger partial charge in [0.25, 0.3) is 0 Å². The number of urea groups is 1. The summed E-state index contributed by atoms with van der Waals surface area (Å²) in [5.74, 6) is 0.541. The molecule has 1 heterocycles. The lowest BCUT2D eigenvalue weighted by atomic mass is 10.2. The summed E-state index contributed by atoms with van der Waals surface area (Å²) in [5.41, 5.74) is 0.899. The van der Waals surface area contributed by atoms with E-state index < -0.39 is 6.04 Å². The highest BCUT2D eigenvalue weighted by Crippen LogP contribution is 2.16. The second-order valence-electron chi connectivity index (χ2n) is 4.41. The van der Waals surface area contributed by atoms with Crippen molar-refractivity contribution in [2.24, 2.45) is 0 Å². The molecule has 1 unspecified atom stereocenters. The maximum Gasteiger partial charge on any atom is 0.317 e. The molecule has 0 bridgehead atoms. The molecule has 102 valence electrons. The number of ether oxygens (including phenoxy) is 1. The topological polar surface area (TPSA) is 70.7 Å². The molecule has 0 radical (unpaired) electrons. The number of amides is 3. The normalized spacial score (nSPS) is 18.1. The summed E-state index contributed by atoms with van der Waals surface area (Å²) in [6, 6.07) is 6.76. The molecule has 0 aromatic heterocycles. The van der Waals surface area contributed by atoms with Crippen LogP contribution in [0.2, 0.25) is 0 Å². The van der Waals surface area contributed by atoms with Crippen LogP contribution in [0.1, 0.15) is 5.56 Å². The largest absolute Gasteiger partial charge is 0.496 e. The zero-order valence-corrected chi connectivity index (χ0v) is 11.0. The quantitative estimate of drug-likeness (QED) is 0.822. The summed E-state index contributed by atoms with van der Waals surface area (Å²) in [7, 11) is 3.25. The number of hydrogen-bond acceptors (Lipinski definition) is 3. The van der Waals surface area contributed by atoms with Gasteiger partial charge in [0.2, 0.25) is 5.91 Å².